The highest BCUT2D eigenvalue weighted by atomic mass is 16.5. The van der Waals surface area contributed by atoms with Crippen LogP contribution in [-0.2, 0) is 9.53 Å². The summed E-state index contributed by atoms with van der Waals surface area (Å²) in [6, 6.07) is 6.94. The molecule has 1 unspecified atom stereocenters. The van der Waals surface area contributed by atoms with Crippen LogP contribution in [-0.4, -0.2) is 36.3 Å². The standard InChI is InChI=1S/C18H19NO4/c1-23-18(22)13-10-12(11-13)6-4-5-9-19-16(20)14-7-2-3-8-15(14)17(19)21/h2-3,7-8,10,12H,4-6,9,11H2,1H3. The van der Waals surface area contributed by atoms with E-state index in [1.807, 2.05) is 6.08 Å². The van der Waals surface area contributed by atoms with Crippen molar-refractivity contribution in [3.8, 4) is 0 Å². The summed E-state index contributed by atoms with van der Waals surface area (Å²) in [6.45, 7) is 0.451. The lowest BCUT2D eigenvalue weighted by molar-refractivity contribution is -0.136. The van der Waals surface area contributed by atoms with Crippen molar-refractivity contribution < 1.29 is 19.1 Å². The number of methoxy groups -OCH3 is 1. The van der Waals surface area contributed by atoms with Gasteiger partial charge in [-0.25, -0.2) is 4.79 Å². The molecule has 0 saturated carbocycles. The summed E-state index contributed by atoms with van der Waals surface area (Å²) in [7, 11) is 1.39. The zero-order valence-electron chi connectivity index (χ0n) is 13.1. The van der Waals surface area contributed by atoms with E-state index in [1.165, 1.54) is 12.0 Å². The quantitative estimate of drug-likeness (QED) is 0.460. The highest BCUT2D eigenvalue weighted by Crippen LogP contribution is 2.31. The molecule has 5 nitrogen and oxygen atoms in total. The molecule has 0 fully saturated rings. The van der Waals surface area contributed by atoms with Crippen LogP contribution in [0.2, 0.25) is 0 Å². The van der Waals surface area contributed by atoms with Gasteiger partial charge in [0.2, 0.25) is 0 Å². The topological polar surface area (TPSA) is 63.7 Å². The molecule has 120 valence electrons. The Morgan fingerprint density at radius 2 is 1.78 bits per heavy atom. The predicted octanol–water partition coefficient (Wildman–Crippen LogP) is 2.57. The van der Waals surface area contributed by atoms with Crippen molar-refractivity contribution in [2.75, 3.05) is 13.7 Å². The molecule has 1 atom stereocenters. The SMILES string of the molecule is COC(=O)C1=CC(CCCCN2C(=O)c3ccccc3C2=O)C1. The lowest BCUT2D eigenvalue weighted by atomic mass is 9.83. The number of allylic oxidation sites excluding steroid dienone is 1. The van der Waals surface area contributed by atoms with Gasteiger partial charge in [0.05, 0.1) is 18.2 Å². The number of unbranched alkanes of at least 4 members (excludes halogenated alkanes) is 1. The summed E-state index contributed by atoms with van der Waals surface area (Å²) < 4.78 is 4.66. The minimum Gasteiger partial charge on any atom is -0.466 e. The molecule has 2 aliphatic rings. The van der Waals surface area contributed by atoms with E-state index in [1.54, 1.807) is 24.3 Å². The fraction of sp³-hybridized carbons (Fsp3) is 0.389. The number of benzene rings is 1. The molecule has 1 aliphatic carbocycles. The van der Waals surface area contributed by atoms with E-state index < -0.39 is 0 Å². The van der Waals surface area contributed by atoms with Gasteiger partial charge in [-0.2, -0.15) is 0 Å². The van der Waals surface area contributed by atoms with Gasteiger partial charge >= 0.3 is 5.97 Å². The van der Waals surface area contributed by atoms with Gasteiger partial charge in [-0.05, 0) is 37.3 Å². The first-order valence-electron chi connectivity index (χ1n) is 7.86. The van der Waals surface area contributed by atoms with E-state index in [2.05, 4.69) is 4.74 Å². The average molecular weight is 313 g/mol. The number of carbonyl (C=O) groups excluding carboxylic acids is 3. The molecule has 1 aromatic rings. The van der Waals surface area contributed by atoms with Gasteiger partial charge in [-0.3, -0.25) is 14.5 Å². The maximum atomic E-state index is 12.2. The Morgan fingerprint density at radius 1 is 1.17 bits per heavy atom. The lowest BCUT2D eigenvalue weighted by Gasteiger charge is -2.23. The molecular formula is C18H19NO4. The normalized spacial score (nSPS) is 19.3. The van der Waals surface area contributed by atoms with Crippen molar-refractivity contribution in [1.82, 2.24) is 4.90 Å². The molecule has 3 rings (SSSR count). The van der Waals surface area contributed by atoms with Crippen LogP contribution in [0.3, 0.4) is 0 Å². The van der Waals surface area contributed by atoms with Crippen molar-refractivity contribution in [3.05, 3.63) is 47.0 Å². The van der Waals surface area contributed by atoms with Gasteiger partial charge in [0.15, 0.2) is 0 Å². The first kappa shape index (κ1) is 15.5. The molecule has 0 aromatic heterocycles. The van der Waals surface area contributed by atoms with Crippen LogP contribution in [0.15, 0.2) is 35.9 Å². The molecule has 0 N–H and O–H groups in total. The van der Waals surface area contributed by atoms with E-state index in [0.29, 0.717) is 23.6 Å². The third kappa shape index (κ3) is 2.91. The molecule has 1 aliphatic heterocycles. The molecule has 5 heteroatoms. The number of imide groups is 1. The van der Waals surface area contributed by atoms with Crippen molar-refractivity contribution in [1.29, 1.82) is 0 Å². The number of ether oxygens (including phenoxy) is 1. The maximum Gasteiger partial charge on any atom is 0.333 e. The molecule has 0 spiro atoms. The summed E-state index contributed by atoms with van der Waals surface area (Å²) in [6.07, 6.45) is 5.38. The van der Waals surface area contributed by atoms with E-state index in [0.717, 1.165) is 31.3 Å². The minimum atomic E-state index is -0.243. The number of hydrogen-bond acceptors (Lipinski definition) is 4. The van der Waals surface area contributed by atoms with Crippen LogP contribution < -0.4 is 0 Å². The van der Waals surface area contributed by atoms with Gasteiger partial charge in [0, 0.05) is 12.1 Å². The third-order valence-corrected chi connectivity index (χ3v) is 4.45. The number of carbonyl (C=O) groups is 3. The number of rotatable bonds is 6. The van der Waals surface area contributed by atoms with Crippen LogP contribution in [0.5, 0.6) is 0 Å². The first-order chi connectivity index (χ1) is 11.1. The molecule has 0 saturated heterocycles. The van der Waals surface area contributed by atoms with E-state index in [9.17, 15) is 14.4 Å². The van der Waals surface area contributed by atoms with Gasteiger partial charge in [-0.15, -0.1) is 0 Å². The van der Waals surface area contributed by atoms with Gasteiger partial charge in [0.1, 0.15) is 0 Å². The van der Waals surface area contributed by atoms with E-state index >= 15 is 0 Å². The van der Waals surface area contributed by atoms with Crippen LogP contribution in [0.1, 0.15) is 46.4 Å². The molecule has 1 heterocycles. The maximum absolute atomic E-state index is 12.2. The Balaban J connectivity index is 1.45. The predicted molar refractivity (Wildman–Crippen MR) is 83.9 cm³/mol. The monoisotopic (exact) mass is 313 g/mol. The zero-order chi connectivity index (χ0) is 16.4. The second-order valence-corrected chi connectivity index (χ2v) is 5.95. The van der Waals surface area contributed by atoms with Crippen LogP contribution >= 0.6 is 0 Å². The minimum absolute atomic E-state index is 0.192. The summed E-state index contributed by atoms with van der Waals surface area (Å²) in [4.78, 5) is 37.0. The largest absolute Gasteiger partial charge is 0.466 e. The molecule has 1 aromatic carbocycles. The highest BCUT2D eigenvalue weighted by Gasteiger charge is 2.34. The number of hydrogen-bond donors (Lipinski definition) is 0. The zero-order valence-corrected chi connectivity index (χ0v) is 13.1. The number of esters is 1. The van der Waals surface area contributed by atoms with Crippen molar-refractivity contribution >= 4 is 17.8 Å². The molecule has 2 amide bonds. The second kappa shape index (κ2) is 6.36. The van der Waals surface area contributed by atoms with Crippen LogP contribution in [0, 0.1) is 5.92 Å². The van der Waals surface area contributed by atoms with Crippen molar-refractivity contribution in [3.63, 3.8) is 0 Å². The summed E-state index contributed by atoms with van der Waals surface area (Å²) in [5.41, 5.74) is 1.75. The molecular weight excluding hydrogens is 294 g/mol. The Hall–Kier alpha value is -2.43. The Kier molecular flexibility index (Phi) is 4.28. The number of fused-ring (bicyclic) bond motifs is 1. The molecule has 23 heavy (non-hydrogen) atoms. The van der Waals surface area contributed by atoms with Gasteiger partial charge < -0.3 is 4.74 Å². The van der Waals surface area contributed by atoms with Crippen LogP contribution in [0.25, 0.3) is 0 Å². The first-order valence-corrected chi connectivity index (χ1v) is 7.86. The second-order valence-electron chi connectivity index (χ2n) is 5.95. The van der Waals surface area contributed by atoms with E-state index in [-0.39, 0.29) is 17.8 Å². The third-order valence-electron chi connectivity index (χ3n) is 4.45. The average Bonchev–Trinajstić information content (AvgIpc) is 2.77. The van der Waals surface area contributed by atoms with E-state index in [4.69, 9.17) is 0 Å². The Labute approximate surface area is 134 Å². The lowest BCUT2D eigenvalue weighted by Crippen LogP contribution is -2.30. The summed E-state index contributed by atoms with van der Waals surface area (Å²) in [5, 5.41) is 0. The molecule has 0 radical (unpaired) electrons. The van der Waals surface area contributed by atoms with Crippen molar-refractivity contribution in [2.45, 2.75) is 25.7 Å². The fourth-order valence-electron chi connectivity index (χ4n) is 3.12. The Morgan fingerprint density at radius 3 is 2.35 bits per heavy atom. The highest BCUT2D eigenvalue weighted by molar-refractivity contribution is 6.21. The number of nitrogens with zero attached hydrogens (tertiary/aromatic N) is 1. The van der Waals surface area contributed by atoms with Gasteiger partial charge in [-0.1, -0.05) is 24.6 Å². The fourth-order valence-corrected chi connectivity index (χ4v) is 3.12. The smallest absolute Gasteiger partial charge is 0.333 e. The van der Waals surface area contributed by atoms with Crippen LogP contribution in [0.4, 0.5) is 0 Å². The van der Waals surface area contributed by atoms with Crippen molar-refractivity contribution in [2.24, 2.45) is 5.92 Å². The molecule has 0 bridgehead atoms. The summed E-state index contributed by atoms with van der Waals surface area (Å²) >= 11 is 0. The summed E-state index contributed by atoms with van der Waals surface area (Å²) in [5.74, 6) is -0.220. The Bertz CT molecular complexity index is 657. The number of amides is 2. The van der Waals surface area contributed by atoms with Gasteiger partial charge in [0.25, 0.3) is 11.8 Å².